The summed E-state index contributed by atoms with van der Waals surface area (Å²) in [7, 11) is 1.57. The van der Waals surface area contributed by atoms with Crippen molar-refractivity contribution in [3.8, 4) is 5.75 Å². The van der Waals surface area contributed by atoms with Crippen molar-refractivity contribution in [2.75, 3.05) is 30.4 Å². The summed E-state index contributed by atoms with van der Waals surface area (Å²) < 4.78 is 5.31. The number of piperidine rings is 1. The lowest BCUT2D eigenvalue weighted by Crippen LogP contribution is -2.40. The molecule has 2 aromatic heterocycles. The molecule has 3 aromatic rings. The molecule has 0 saturated carbocycles. The second-order valence-corrected chi connectivity index (χ2v) is 7.84. The number of halogens is 1. The molecule has 6 nitrogen and oxygen atoms in total. The Morgan fingerprint density at radius 3 is 3.11 bits per heavy atom. The van der Waals surface area contributed by atoms with Crippen LogP contribution in [0, 0.1) is 5.92 Å². The molecule has 1 aliphatic heterocycles. The van der Waals surface area contributed by atoms with Gasteiger partial charge in [0, 0.05) is 24.3 Å². The number of rotatable bonds is 4. The largest absolute Gasteiger partial charge is 0.495 e. The highest BCUT2D eigenvalue weighted by Gasteiger charge is 2.28. The third-order valence-corrected chi connectivity index (χ3v) is 5.91. The molecule has 1 N–H and O–H groups in total. The number of pyridine rings is 1. The minimum Gasteiger partial charge on any atom is -0.495 e. The maximum atomic E-state index is 12.8. The first-order valence-corrected chi connectivity index (χ1v) is 9.94. The fourth-order valence-corrected chi connectivity index (χ4v) is 4.39. The summed E-state index contributed by atoms with van der Waals surface area (Å²) in [6.07, 6.45) is 3.55. The molecule has 1 atom stereocenters. The Hall–Kier alpha value is -2.38. The first-order valence-electron chi connectivity index (χ1n) is 8.75. The molecule has 1 fully saturated rings. The Kier molecular flexibility index (Phi) is 5.13. The van der Waals surface area contributed by atoms with Crippen LogP contribution >= 0.6 is 22.9 Å². The fraction of sp³-hybridized carbons (Fsp3) is 0.316. The number of hydrogen-bond donors (Lipinski definition) is 1. The van der Waals surface area contributed by atoms with Crippen molar-refractivity contribution in [2.24, 2.45) is 5.92 Å². The van der Waals surface area contributed by atoms with Gasteiger partial charge >= 0.3 is 0 Å². The first-order chi connectivity index (χ1) is 13.1. The standard InChI is InChI=1S/C19H19ClN4O2S/c1-26-16-7-6-13(20)10-15(16)22-17(25)12-4-3-9-24(11-12)19-23-14-5-2-8-21-18(14)27-19/h2,5-8,10,12H,3-4,9,11H2,1H3,(H,22,25). The van der Waals surface area contributed by atoms with Gasteiger partial charge in [0.25, 0.3) is 0 Å². The lowest BCUT2D eigenvalue weighted by atomic mass is 9.97. The second kappa shape index (κ2) is 7.70. The van der Waals surface area contributed by atoms with Crippen LogP contribution in [0.3, 0.4) is 0 Å². The van der Waals surface area contributed by atoms with Gasteiger partial charge in [-0.2, -0.15) is 0 Å². The second-order valence-electron chi connectivity index (χ2n) is 6.44. The third kappa shape index (κ3) is 3.84. The number of benzene rings is 1. The van der Waals surface area contributed by atoms with Gasteiger partial charge in [-0.05, 0) is 43.2 Å². The molecule has 0 spiro atoms. The Morgan fingerprint density at radius 2 is 2.30 bits per heavy atom. The maximum absolute atomic E-state index is 12.8. The van der Waals surface area contributed by atoms with Crippen LogP contribution in [0.1, 0.15) is 12.8 Å². The molecule has 1 amide bonds. The SMILES string of the molecule is COc1ccc(Cl)cc1NC(=O)C1CCCN(c2nc3cccnc3s2)C1. The van der Waals surface area contributed by atoms with Crippen molar-refractivity contribution in [1.29, 1.82) is 0 Å². The van der Waals surface area contributed by atoms with Gasteiger partial charge in [-0.1, -0.05) is 22.9 Å². The van der Waals surface area contributed by atoms with Gasteiger partial charge < -0.3 is 15.0 Å². The summed E-state index contributed by atoms with van der Waals surface area (Å²) in [4.78, 5) is 24.9. The Morgan fingerprint density at radius 1 is 1.41 bits per heavy atom. The average molecular weight is 403 g/mol. The van der Waals surface area contributed by atoms with Gasteiger partial charge in [0.1, 0.15) is 16.1 Å². The summed E-state index contributed by atoms with van der Waals surface area (Å²) in [6, 6.07) is 9.04. The van der Waals surface area contributed by atoms with Crippen LogP contribution in [0.25, 0.3) is 10.3 Å². The van der Waals surface area contributed by atoms with E-state index in [4.69, 9.17) is 16.3 Å². The van der Waals surface area contributed by atoms with Crippen molar-refractivity contribution >= 4 is 50.0 Å². The molecule has 3 heterocycles. The zero-order valence-corrected chi connectivity index (χ0v) is 16.4. The van der Waals surface area contributed by atoms with Crippen molar-refractivity contribution in [3.63, 3.8) is 0 Å². The number of methoxy groups -OCH3 is 1. The number of carbonyl (C=O) groups is 1. The molecule has 1 saturated heterocycles. The zero-order chi connectivity index (χ0) is 18.8. The van der Waals surface area contributed by atoms with E-state index in [0.717, 1.165) is 34.9 Å². The van der Waals surface area contributed by atoms with Crippen LogP contribution in [0.15, 0.2) is 36.5 Å². The highest BCUT2D eigenvalue weighted by Crippen LogP contribution is 2.32. The molecule has 1 aliphatic rings. The monoisotopic (exact) mass is 402 g/mol. The fourth-order valence-electron chi connectivity index (χ4n) is 3.27. The summed E-state index contributed by atoms with van der Waals surface area (Å²) in [6.45, 7) is 1.53. The molecule has 27 heavy (non-hydrogen) atoms. The van der Waals surface area contributed by atoms with Crippen LogP contribution in [0.5, 0.6) is 5.75 Å². The Balaban J connectivity index is 1.49. The molecule has 140 valence electrons. The number of amides is 1. The Bertz CT molecular complexity index is 944. The number of aromatic nitrogens is 2. The van der Waals surface area contributed by atoms with E-state index in [1.807, 2.05) is 12.1 Å². The molecule has 0 radical (unpaired) electrons. The highest BCUT2D eigenvalue weighted by atomic mass is 35.5. The molecule has 0 bridgehead atoms. The topological polar surface area (TPSA) is 67.3 Å². The van der Waals surface area contributed by atoms with Crippen molar-refractivity contribution in [1.82, 2.24) is 9.97 Å². The smallest absolute Gasteiger partial charge is 0.229 e. The average Bonchev–Trinajstić information content (AvgIpc) is 3.12. The van der Waals surface area contributed by atoms with Gasteiger partial charge in [0.05, 0.1) is 18.7 Å². The summed E-state index contributed by atoms with van der Waals surface area (Å²) in [5.74, 6) is 0.444. The predicted molar refractivity (Wildman–Crippen MR) is 109 cm³/mol. The number of carbonyl (C=O) groups excluding carboxylic acids is 1. The van der Waals surface area contributed by atoms with Crippen molar-refractivity contribution < 1.29 is 9.53 Å². The normalized spacial score (nSPS) is 17.1. The van der Waals surface area contributed by atoms with E-state index in [-0.39, 0.29) is 11.8 Å². The van der Waals surface area contributed by atoms with Crippen molar-refractivity contribution in [3.05, 3.63) is 41.6 Å². The first kappa shape index (κ1) is 18.0. The molecule has 0 aliphatic carbocycles. The number of nitrogens with one attached hydrogen (secondary N) is 1. The van der Waals surface area contributed by atoms with Crippen LogP contribution in [-0.2, 0) is 4.79 Å². The lowest BCUT2D eigenvalue weighted by molar-refractivity contribution is -0.120. The lowest BCUT2D eigenvalue weighted by Gasteiger charge is -2.31. The van der Waals surface area contributed by atoms with Gasteiger partial charge in [0.15, 0.2) is 5.13 Å². The Labute approximate surface area is 166 Å². The van der Waals surface area contributed by atoms with Gasteiger partial charge in [-0.25, -0.2) is 9.97 Å². The maximum Gasteiger partial charge on any atom is 0.229 e. The zero-order valence-electron chi connectivity index (χ0n) is 14.8. The quantitative estimate of drug-likeness (QED) is 0.708. The molecule has 1 aromatic carbocycles. The van der Waals surface area contributed by atoms with Gasteiger partial charge in [-0.3, -0.25) is 4.79 Å². The number of ether oxygens (including phenoxy) is 1. The molecule has 8 heteroatoms. The minimum atomic E-state index is -0.123. The number of hydrogen-bond acceptors (Lipinski definition) is 6. The summed E-state index contributed by atoms with van der Waals surface area (Å²) in [5, 5.41) is 4.44. The van der Waals surface area contributed by atoms with Crippen LogP contribution < -0.4 is 15.0 Å². The van der Waals surface area contributed by atoms with E-state index in [0.29, 0.717) is 23.0 Å². The molecular formula is C19H19ClN4O2S. The van der Waals surface area contributed by atoms with Gasteiger partial charge in [-0.15, -0.1) is 0 Å². The van der Waals surface area contributed by atoms with E-state index in [2.05, 4.69) is 20.2 Å². The number of anilines is 2. The molecular weight excluding hydrogens is 384 g/mol. The number of thiazole rings is 1. The van der Waals surface area contributed by atoms with E-state index >= 15 is 0 Å². The van der Waals surface area contributed by atoms with Crippen LogP contribution in [0.2, 0.25) is 5.02 Å². The minimum absolute atomic E-state index is 0.0282. The molecule has 4 rings (SSSR count). The van der Waals surface area contributed by atoms with E-state index in [1.54, 1.807) is 42.8 Å². The van der Waals surface area contributed by atoms with E-state index < -0.39 is 0 Å². The summed E-state index contributed by atoms with van der Waals surface area (Å²) >= 11 is 7.62. The third-order valence-electron chi connectivity index (χ3n) is 4.64. The molecule has 1 unspecified atom stereocenters. The highest BCUT2D eigenvalue weighted by molar-refractivity contribution is 7.21. The van der Waals surface area contributed by atoms with Crippen molar-refractivity contribution in [2.45, 2.75) is 12.8 Å². The van der Waals surface area contributed by atoms with E-state index in [9.17, 15) is 4.79 Å². The van der Waals surface area contributed by atoms with Gasteiger partial charge in [0.2, 0.25) is 5.91 Å². The number of nitrogens with zero attached hydrogens (tertiary/aromatic N) is 3. The van der Waals surface area contributed by atoms with Crippen LogP contribution in [-0.4, -0.2) is 36.1 Å². The number of fused-ring (bicyclic) bond motifs is 1. The van der Waals surface area contributed by atoms with Crippen LogP contribution in [0.4, 0.5) is 10.8 Å². The predicted octanol–water partition coefficient (Wildman–Crippen LogP) is 4.21. The van der Waals surface area contributed by atoms with E-state index in [1.165, 1.54) is 0 Å². The summed E-state index contributed by atoms with van der Waals surface area (Å²) in [5.41, 5.74) is 1.49.